The lowest BCUT2D eigenvalue weighted by atomic mass is 10.6. The molecule has 1 heterocycles. The lowest BCUT2D eigenvalue weighted by molar-refractivity contribution is 0.350. The van der Waals surface area contributed by atoms with Gasteiger partial charge >= 0.3 is 0 Å². The third-order valence-corrected chi connectivity index (χ3v) is 1.40. The highest BCUT2D eigenvalue weighted by Crippen LogP contribution is 1.99. The van der Waals surface area contributed by atoms with Crippen LogP contribution < -0.4 is 0 Å². The molecule has 0 radical (unpaired) electrons. The Kier molecular flexibility index (Phi) is 2.25. The third kappa shape index (κ3) is 1.84. The Balaban J connectivity index is 2.67. The summed E-state index contributed by atoms with van der Waals surface area (Å²) in [5, 5.41) is 10.9. The molecule has 9 heavy (non-hydrogen) atoms. The molecule has 0 aliphatic rings. The normalized spacial score (nSPS) is 8.11. The van der Waals surface area contributed by atoms with Crippen LogP contribution in [0.2, 0.25) is 0 Å². The Labute approximate surface area is 57.2 Å². The van der Waals surface area contributed by atoms with Gasteiger partial charge in [-0.05, 0) is 5.92 Å². The monoisotopic (exact) mass is 139 g/mol. The summed E-state index contributed by atoms with van der Waals surface area (Å²) in [4.78, 5) is 3.89. The molecule has 1 aromatic rings. The van der Waals surface area contributed by atoms with Gasteiger partial charge in [-0.15, -0.1) is 11.3 Å². The number of aliphatic hydroxyl groups is 1. The van der Waals surface area contributed by atoms with Gasteiger partial charge in [0, 0.05) is 11.6 Å². The van der Waals surface area contributed by atoms with Crippen LogP contribution >= 0.6 is 11.3 Å². The molecule has 0 spiro atoms. The first-order chi connectivity index (χ1) is 4.43. The van der Waals surface area contributed by atoms with E-state index in [0.29, 0.717) is 0 Å². The molecule has 46 valence electrons. The molecule has 0 aromatic carbocycles. The first kappa shape index (κ1) is 6.27. The minimum Gasteiger partial charge on any atom is -0.384 e. The maximum absolute atomic E-state index is 8.27. The van der Waals surface area contributed by atoms with Crippen LogP contribution in [0, 0.1) is 11.8 Å². The summed E-state index contributed by atoms with van der Waals surface area (Å²) >= 11 is 1.47. The van der Waals surface area contributed by atoms with Crippen molar-refractivity contribution >= 4 is 11.3 Å². The van der Waals surface area contributed by atoms with E-state index in [1.165, 1.54) is 11.3 Å². The summed E-state index contributed by atoms with van der Waals surface area (Å²) in [7, 11) is 0. The van der Waals surface area contributed by atoms with Crippen molar-refractivity contribution < 1.29 is 5.11 Å². The molecule has 0 aliphatic carbocycles. The largest absolute Gasteiger partial charge is 0.384 e. The zero-order chi connectivity index (χ0) is 6.53. The number of hydrogen-bond donors (Lipinski definition) is 1. The molecule has 0 saturated carbocycles. The molecule has 0 saturated heterocycles. The Morgan fingerprint density at radius 1 is 1.78 bits per heavy atom. The second kappa shape index (κ2) is 3.23. The van der Waals surface area contributed by atoms with Gasteiger partial charge in [-0.1, -0.05) is 5.92 Å². The Morgan fingerprint density at radius 2 is 2.67 bits per heavy atom. The molecule has 0 aliphatic heterocycles. The lowest BCUT2D eigenvalue weighted by Gasteiger charge is -1.71. The minimum absolute atomic E-state index is 0.0976. The van der Waals surface area contributed by atoms with Crippen molar-refractivity contribution in [3.8, 4) is 11.8 Å². The number of nitrogens with zero attached hydrogens (tertiary/aromatic N) is 1. The summed E-state index contributed by atoms with van der Waals surface area (Å²) < 4.78 is 0. The average molecular weight is 139 g/mol. The molecule has 0 atom stereocenters. The maximum Gasteiger partial charge on any atom is 0.166 e. The highest BCUT2D eigenvalue weighted by molar-refractivity contribution is 7.10. The van der Waals surface area contributed by atoms with Crippen LogP contribution in [0.4, 0.5) is 0 Å². The predicted molar refractivity (Wildman–Crippen MR) is 36.1 cm³/mol. The van der Waals surface area contributed by atoms with E-state index in [2.05, 4.69) is 16.8 Å². The molecule has 0 fully saturated rings. The summed E-state index contributed by atoms with van der Waals surface area (Å²) in [6.45, 7) is -0.0976. The van der Waals surface area contributed by atoms with Crippen LogP contribution in [0.25, 0.3) is 0 Å². The quantitative estimate of drug-likeness (QED) is 0.530. The van der Waals surface area contributed by atoms with Gasteiger partial charge in [-0.2, -0.15) is 0 Å². The molecule has 0 unspecified atom stereocenters. The van der Waals surface area contributed by atoms with E-state index in [9.17, 15) is 0 Å². The van der Waals surface area contributed by atoms with Crippen molar-refractivity contribution in [2.24, 2.45) is 0 Å². The molecule has 0 amide bonds. The maximum atomic E-state index is 8.27. The van der Waals surface area contributed by atoms with Gasteiger partial charge in [0.15, 0.2) is 5.01 Å². The zero-order valence-electron chi connectivity index (χ0n) is 4.66. The topological polar surface area (TPSA) is 33.1 Å². The van der Waals surface area contributed by atoms with Crippen LogP contribution in [0.1, 0.15) is 5.01 Å². The first-order valence-corrected chi connectivity index (χ1v) is 3.30. The predicted octanol–water partition coefficient (Wildman–Crippen LogP) is 0.487. The Hall–Kier alpha value is -0.850. The van der Waals surface area contributed by atoms with Crippen molar-refractivity contribution in [1.29, 1.82) is 0 Å². The molecule has 2 nitrogen and oxygen atoms in total. The van der Waals surface area contributed by atoms with Gasteiger partial charge < -0.3 is 5.11 Å². The van der Waals surface area contributed by atoms with Crippen LogP contribution in [-0.2, 0) is 0 Å². The zero-order valence-corrected chi connectivity index (χ0v) is 5.48. The van der Waals surface area contributed by atoms with Crippen molar-refractivity contribution in [3.05, 3.63) is 16.6 Å². The molecular formula is C6H5NOS. The number of aliphatic hydroxyl groups excluding tert-OH is 1. The summed E-state index contributed by atoms with van der Waals surface area (Å²) in [6, 6.07) is 0. The van der Waals surface area contributed by atoms with Crippen LogP contribution in [-0.4, -0.2) is 16.7 Å². The van der Waals surface area contributed by atoms with Crippen molar-refractivity contribution in [2.75, 3.05) is 6.61 Å². The molecule has 0 bridgehead atoms. The second-order valence-corrected chi connectivity index (χ2v) is 2.19. The highest BCUT2D eigenvalue weighted by Gasteiger charge is 1.83. The van der Waals surface area contributed by atoms with Gasteiger partial charge in [0.1, 0.15) is 6.61 Å². The van der Waals surface area contributed by atoms with Crippen molar-refractivity contribution in [3.63, 3.8) is 0 Å². The van der Waals surface area contributed by atoms with Gasteiger partial charge in [-0.25, -0.2) is 4.98 Å². The Morgan fingerprint density at radius 3 is 3.22 bits per heavy atom. The minimum atomic E-state index is -0.0976. The van der Waals surface area contributed by atoms with Crippen LogP contribution in [0.3, 0.4) is 0 Å². The van der Waals surface area contributed by atoms with Crippen molar-refractivity contribution in [2.45, 2.75) is 0 Å². The lowest BCUT2D eigenvalue weighted by Crippen LogP contribution is -1.72. The fourth-order valence-corrected chi connectivity index (χ4v) is 0.904. The van der Waals surface area contributed by atoms with E-state index in [-0.39, 0.29) is 6.61 Å². The molecular weight excluding hydrogens is 134 g/mol. The molecule has 3 heteroatoms. The fourth-order valence-electron chi connectivity index (χ4n) is 0.400. The first-order valence-electron chi connectivity index (χ1n) is 2.42. The Bertz CT molecular complexity index is 219. The van der Waals surface area contributed by atoms with E-state index in [0.717, 1.165) is 5.01 Å². The van der Waals surface area contributed by atoms with Gasteiger partial charge in [0.05, 0.1) is 0 Å². The van der Waals surface area contributed by atoms with Crippen molar-refractivity contribution in [1.82, 2.24) is 4.98 Å². The highest BCUT2D eigenvalue weighted by atomic mass is 32.1. The molecule has 1 rings (SSSR count). The number of aromatic nitrogens is 1. The van der Waals surface area contributed by atoms with E-state index < -0.39 is 0 Å². The molecule has 1 N–H and O–H groups in total. The van der Waals surface area contributed by atoms with Gasteiger partial charge in [0.2, 0.25) is 0 Å². The fraction of sp³-hybridized carbons (Fsp3) is 0.167. The van der Waals surface area contributed by atoms with Crippen LogP contribution in [0.5, 0.6) is 0 Å². The van der Waals surface area contributed by atoms with E-state index in [1.807, 2.05) is 5.38 Å². The molecule has 1 aromatic heterocycles. The summed E-state index contributed by atoms with van der Waals surface area (Å²) in [5.41, 5.74) is 0. The van der Waals surface area contributed by atoms with Crippen LogP contribution in [0.15, 0.2) is 11.6 Å². The second-order valence-electron chi connectivity index (χ2n) is 1.30. The van der Waals surface area contributed by atoms with E-state index in [4.69, 9.17) is 5.11 Å². The average Bonchev–Trinajstić information content (AvgIpc) is 2.34. The number of rotatable bonds is 0. The van der Waals surface area contributed by atoms with Gasteiger partial charge in [-0.3, -0.25) is 0 Å². The smallest absolute Gasteiger partial charge is 0.166 e. The van der Waals surface area contributed by atoms with E-state index in [1.54, 1.807) is 6.20 Å². The summed E-state index contributed by atoms with van der Waals surface area (Å²) in [5.74, 6) is 5.19. The SMILES string of the molecule is OCC#Cc1nccs1. The van der Waals surface area contributed by atoms with Gasteiger partial charge in [0.25, 0.3) is 0 Å². The third-order valence-electron chi connectivity index (χ3n) is 0.707. The standard InChI is InChI=1S/C6H5NOS/c8-4-1-2-6-7-3-5-9-6/h3,5,8H,4H2. The summed E-state index contributed by atoms with van der Waals surface area (Å²) in [6.07, 6.45) is 1.69. The number of hydrogen-bond acceptors (Lipinski definition) is 3. The van der Waals surface area contributed by atoms with E-state index >= 15 is 0 Å². The number of thiazole rings is 1.